The monoisotopic (exact) mass is 369 g/mol. The number of nitro groups is 1. The van der Waals surface area contributed by atoms with Crippen molar-refractivity contribution in [3.63, 3.8) is 0 Å². The minimum Gasteiger partial charge on any atom is -0.494 e. The maximum Gasteiger partial charge on any atom is 0.269 e. The number of carbonyl (C=O) groups is 1. The summed E-state index contributed by atoms with van der Waals surface area (Å²) in [6, 6.07) is 13.4. The molecule has 0 fully saturated rings. The highest BCUT2D eigenvalue weighted by atomic mass is 16.6. The molecular weight excluding hydrogens is 346 g/mol. The lowest BCUT2D eigenvalue weighted by Gasteiger charge is -2.07. The summed E-state index contributed by atoms with van der Waals surface area (Å²) in [4.78, 5) is 22.2. The van der Waals surface area contributed by atoms with Crippen molar-refractivity contribution in [2.45, 2.75) is 33.1 Å². The molecule has 142 valence electrons. The van der Waals surface area contributed by atoms with Crippen LogP contribution < -0.4 is 10.2 Å². The number of ether oxygens (including phenoxy) is 1. The largest absolute Gasteiger partial charge is 0.494 e. The minimum absolute atomic E-state index is 0.00450. The lowest BCUT2D eigenvalue weighted by Crippen LogP contribution is -2.21. The third-order valence-electron chi connectivity index (χ3n) is 3.90. The van der Waals surface area contributed by atoms with Gasteiger partial charge >= 0.3 is 0 Å². The van der Waals surface area contributed by atoms with Gasteiger partial charge in [0.25, 0.3) is 5.69 Å². The standard InChI is InChI=1S/C20H23N3O4/c1-3-4-13-27-19-11-7-17(8-12-19)15(2)21-22-20(24)14-16-5-9-18(10-6-16)23(25)26/h5-12H,3-4,13-14H2,1-2H3,(H,22,24)/b21-15+. The number of rotatable bonds is 9. The van der Waals surface area contributed by atoms with Crippen molar-refractivity contribution in [3.8, 4) is 5.75 Å². The molecular formula is C20H23N3O4. The fourth-order valence-electron chi connectivity index (χ4n) is 2.30. The number of hydrogen-bond donors (Lipinski definition) is 1. The summed E-state index contributed by atoms with van der Waals surface area (Å²) in [7, 11) is 0. The normalized spacial score (nSPS) is 11.1. The zero-order chi connectivity index (χ0) is 19.6. The number of unbranched alkanes of at least 4 members (excludes halogenated alkanes) is 1. The van der Waals surface area contributed by atoms with E-state index in [4.69, 9.17) is 4.74 Å². The Kier molecular flexibility index (Phi) is 7.49. The van der Waals surface area contributed by atoms with Crippen LogP contribution in [-0.2, 0) is 11.2 Å². The number of nitrogens with one attached hydrogen (secondary N) is 1. The predicted octanol–water partition coefficient (Wildman–Crippen LogP) is 3.86. The SMILES string of the molecule is CCCCOc1ccc(/C(C)=N/NC(=O)Cc2ccc([N+](=O)[O-])cc2)cc1. The molecule has 1 N–H and O–H groups in total. The number of amides is 1. The first kappa shape index (κ1) is 20.1. The summed E-state index contributed by atoms with van der Waals surface area (Å²) < 4.78 is 5.62. The van der Waals surface area contributed by atoms with Crippen LogP contribution in [0.2, 0.25) is 0 Å². The van der Waals surface area contributed by atoms with Gasteiger partial charge in [-0.3, -0.25) is 14.9 Å². The maximum atomic E-state index is 12.0. The third kappa shape index (κ3) is 6.54. The van der Waals surface area contributed by atoms with Crippen molar-refractivity contribution >= 4 is 17.3 Å². The van der Waals surface area contributed by atoms with E-state index in [2.05, 4.69) is 17.5 Å². The predicted molar refractivity (Wildman–Crippen MR) is 104 cm³/mol. The highest BCUT2D eigenvalue weighted by Gasteiger charge is 2.07. The van der Waals surface area contributed by atoms with Crippen molar-refractivity contribution in [2.24, 2.45) is 5.10 Å². The number of hydrazone groups is 1. The number of nitrogens with zero attached hydrogens (tertiary/aromatic N) is 2. The average Bonchev–Trinajstić information content (AvgIpc) is 2.67. The molecule has 2 aromatic carbocycles. The third-order valence-corrected chi connectivity index (χ3v) is 3.90. The zero-order valence-corrected chi connectivity index (χ0v) is 15.5. The smallest absolute Gasteiger partial charge is 0.269 e. The first-order valence-corrected chi connectivity index (χ1v) is 8.79. The van der Waals surface area contributed by atoms with E-state index in [0.29, 0.717) is 17.9 Å². The van der Waals surface area contributed by atoms with Crippen LogP contribution in [0.15, 0.2) is 53.6 Å². The molecule has 0 aromatic heterocycles. The molecule has 0 aliphatic carbocycles. The molecule has 0 bridgehead atoms. The van der Waals surface area contributed by atoms with Crippen molar-refractivity contribution < 1.29 is 14.5 Å². The Morgan fingerprint density at radius 3 is 2.41 bits per heavy atom. The number of nitro benzene ring substituents is 1. The van der Waals surface area contributed by atoms with Gasteiger partial charge in [0.1, 0.15) is 5.75 Å². The molecule has 7 nitrogen and oxygen atoms in total. The van der Waals surface area contributed by atoms with Crippen LogP contribution in [0.25, 0.3) is 0 Å². The van der Waals surface area contributed by atoms with Crippen molar-refractivity contribution in [1.29, 1.82) is 0 Å². The Morgan fingerprint density at radius 1 is 1.15 bits per heavy atom. The average molecular weight is 369 g/mol. The van der Waals surface area contributed by atoms with Crippen molar-refractivity contribution in [1.82, 2.24) is 5.43 Å². The van der Waals surface area contributed by atoms with Crippen LogP contribution in [0.4, 0.5) is 5.69 Å². The van der Waals surface area contributed by atoms with Crippen LogP contribution >= 0.6 is 0 Å². The van der Waals surface area contributed by atoms with Crippen molar-refractivity contribution in [2.75, 3.05) is 6.61 Å². The summed E-state index contributed by atoms with van der Waals surface area (Å²) in [6.07, 6.45) is 2.20. The summed E-state index contributed by atoms with van der Waals surface area (Å²) in [5, 5.41) is 14.7. The van der Waals surface area contributed by atoms with E-state index >= 15 is 0 Å². The Balaban J connectivity index is 1.88. The molecule has 0 saturated heterocycles. The molecule has 0 radical (unpaired) electrons. The second kappa shape index (κ2) is 10.1. The number of carbonyl (C=O) groups excluding carboxylic acids is 1. The Hall–Kier alpha value is -3.22. The Bertz CT molecular complexity index is 799. The molecule has 7 heteroatoms. The van der Waals surface area contributed by atoms with Gasteiger partial charge in [-0.05, 0) is 48.7 Å². The summed E-state index contributed by atoms with van der Waals surface area (Å²) in [5.74, 6) is 0.518. The van der Waals surface area contributed by atoms with Crippen LogP contribution in [0, 0.1) is 10.1 Å². The zero-order valence-electron chi connectivity index (χ0n) is 15.5. The van der Waals surface area contributed by atoms with Gasteiger partial charge in [-0.2, -0.15) is 5.10 Å². The lowest BCUT2D eigenvalue weighted by molar-refractivity contribution is -0.384. The molecule has 0 atom stereocenters. The van der Waals surface area contributed by atoms with Gasteiger partial charge in [-0.1, -0.05) is 25.5 Å². The number of benzene rings is 2. The second-order valence-corrected chi connectivity index (χ2v) is 6.06. The van der Waals surface area contributed by atoms with Crippen LogP contribution in [0.1, 0.15) is 37.8 Å². The van der Waals surface area contributed by atoms with Gasteiger partial charge in [0.05, 0.1) is 23.7 Å². The van der Waals surface area contributed by atoms with Crippen molar-refractivity contribution in [3.05, 3.63) is 69.8 Å². The fourth-order valence-corrected chi connectivity index (χ4v) is 2.30. The van der Waals surface area contributed by atoms with E-state index in [-0.39, 0.29) is 18.0 Å². The molecule has 0 spiro atoms. The van der Waals surface area contributed by atoms with E-state index in [1.54, 1.807) is 19.1 Å². The maximum absolute atomic E-state index is 12.0. The van der Waals surface area contributed by atoms with Crippen LogP contribution in [0.3, 0.4) is 0 Å². The fraction of sp³-hybridized carbons (Fsp3) is 0.300. The number of non-ortho nitro benzene ring substituents is 1. The summed E-state index contributed by atoms with van der Waals surface area (Å²) in [5.41, 5.74) is 4.74. The minimum atomic E-state index is -0.475. The highest BCUT2D eigenvalue weighted by molar-refractivity contribution is 5.99. The molecule has 27 heavy (non-hydrogen) atoms. The second-order valence-electron chi connectivity index (χ2n) is 6.06. The van der Waals surface area contributed by atoms with E-state index in [0.717, 1.165) is 24.2 Å². The molecule has 0 saturated carbocycles. The van der Waals surface area contributed by atoms with E-state index in [1.807, 2.05) is 24.3 Å². The molecule has 2 rings (SSSR count). The summed E-state index contributed by atoms with van der Waals surface area (Å²) in [6.45, 7) is 4.61. The molecule has 1 amide bonds. The Labute approximate surface area is 158 Å². The highest BCUT2D eigenvalue weighted by Crippen LogP contribution is 2.14. The van der Waals surface area contributed by atoms with Gasteiger partial charge in [-0.15, -0.1) is 0 Å². The van der Waals surface area contributed by atoms with Crippen LogP contribution in [-0.4, -0.2) is 23.1 Å². The summed E-state index contributed by atoms with van der Waals surface area (Å²) >= 11 is 0. The first-order chi connectivity index (χ1) is 13.0. The topological polar surface area (TPSA) is 93.8 Å². The van der Waals surface area contributed by atoms with Gasteiger partial charge in [0, 0.05) is 12.1 Å². The van der Waals surface area contributed by atoms with E-state index < -0.39 is 4.92 Å². The van der Waals surface area contributed by atoms with E-state index in [1.165, 1.54) is 12.1 Å². The van der Waals surface area contributed by atoms with Gasteiger partial charge in [-0.25, -0.2) is 5.43 Å². The number of hydrogen-bond acceptors (Lipinski definition) is 5. The molecule has 2 aromatic rings. The molecule has 0 aliphatic heterocycles. The van der Waals surface area contributed by atoms with Gasteiger partial charge in [0.2, 0.25) is 5.91 Å². The molecule has 0 unspecified atom stereocenters. The Morgan fingerprint density at radius 2 is 1.81 bits per heavy atom. The van der Waals surface area contributed by atoms with Gasteiger partial charge in [0.15, 0.2) is 0 Å². The first-order valence-electron chi connectivity index (χ1n) is 8.79. The van der Waals surface area contributed by atoms with E-state index in [9.17, 15) is 14.9 Å². The lowest BCUT2D eigenvalue weighted by atomic mass is 10.1. The van der Waals surface area contributed by atoms with Crippen LogP contribution in [0.5, 0.6) is 5.75 Å². The molecule has 0 heterocycles. The van der Waals surface area contributed by atoms with Gasteiger partial charge < -0.3 is 4.74 Å². The quantitative estimate of drug-likeness (QED) is 0.314. The molecule has 0 aliphatic rings.